The molecule has 0 heterocycles. The number of phosphoric acid groups is 2. The van der Waals surface area contributed by atoms with E-state index in [0.717, 1.165) is 154 Å². The van der Waals surface area contributed by atoms with Gasteiger partial charge in [-0.1, -0.05) is 294 Å². The highest BCUT2D eigenvalue weighted by atomic mass is 31.2. The lowest BCUT2D eigenvalue weighted by molar-refractivity contribution is -0.161. The Kier molecular flexibility index (Phi) is 71.6. The van der Waals surface area contributed by atoms with Gasteiger partial charge in [-0.3, -0.25) is 37.3 Å². The molecule has 0 saturated carbocycles. The average molecular weight is 1490 g/mol. The molecule has 0 aromatic heterocycles. The molecule has 0 spiro atoms. The predicted octanol–water partition coefficient (Wildman–Crippen LogP) is 23.0. The third-order valence-corrected chi connectivity index (χ3v) is 17.6. The number of phosphoric ester groups is 2. The number of hydrogen-bond donors (Lipinski definition) is 3. The van der Waals surface area contributed by atoms with Crippen LogP contribution >= 0.6 is 15.6 Å². The van der Waals surface area contributed by atoms with Gasteiger partial charge in [-0.05, 0) is 135 Å². The molecule has 0 aliphatic rings. The van der Waals surface area contributed by atoms with Crippen molar-refractivity contribution in [2.24, 2.45) is 0 Å². The first-order valence-corrected chi connectivity index (χ1v) is 42.4. The highest BCUT2D eigenvalue weighted by molar-refractivity contribution is 7.47. The summed E-state index contributed by atoms with van der Waals surface area (Å²) in [5.74, 6) is -2.40. The number of hydrogen-bond acceptors (Lipinski definition) is 15. The third-order valence-electron chi connectivity index (χ3n) is 15.7. The Morgan fingerprint density at radius 2 is 0.538 bits per heavy atom. The first kappa shape index (κ1) is 98.4. The SMILES string of the molecule is CC/C=C\C/C=C\C/C=C\C/C=C\C/C=C\CCCCCC(=O)OCC(COP(=O)(O)OCC(O)COP(=O)(O)OCC(COC(=O)CCCCCC/C=C\C/C=C\C/C=C\C/C=C\CC)OC(=O)C/C=C\C/C=C\C/C=C\C/C=C\C/C=C\CC)OC(=O)CCCCCCCCCCCCCCC. The zero-order valence-corrected chi connectivity index (χ0v) is 66.2. The molecule has 0 fully saturated rings. The fraction of sp³-hybridized carbons (Fsp3) is 0.624. The predicted molar refractivity (Wildman–Crippen MR) is 426 cm³/mol. The molecule has 17 nitrogen and oxygen atoms in total. The van der Waals surface area contributed by atoms with Gasteiger partial charge in [-0.2, -0.15) is 0 Å². The van der Waals surface area contributed by atoms with Crippen molar-refractivity contribution in [2.75, 3.05) is 39.6 Å². The molecule has 590 valence electrons. The van der Waals surface area contributed by atoms with Gasteiger partial charge in [0.1, 0.15) is 19.3 Å². The topological polar surface area (TPSA) is 237 Å². The monoisotopic (exact) mass is 1490 g/mol. The van der Waals surface area contributed by atoms with Crippen LogP contribution in [0, 0.1) is 0 Å². The van der Waals surface area contributed by atoms with Crippen molar-refractivity contribution in [1.29, 1.82) is 0 Å². The minimum Gasteiger partial charge on any atom is -0.462 e. The first-order chi connectivity index (χ1) is 50.7. The van der Waals surface area contributed by atoms with E-state index in [1.807, 2.05) is 12.2 Å². The number of unbranched alkanes of at least 4 members (excludes halogenated alkanes) is 19. The van der Waals surface area contributed by atoms with Gasteiger partial charge in [0.05, 0.1) is 32.8 Å². The van der Waals surface area contributed by atoms with Crippen LogP contribution in [0.3, 0.4) is 0 Å². The number of aliphatic hydroxyl groups is 1. The normalized spacial score (nSPS) is 14.8. The average Bonchev–Trinajstić information content (AvgIpc) is 0.939. The van der Waals surface area contributed by atoms with Gasteiger partial charge in [-0.25, -0.2) is 9.13 Å². The summed E-state index contributed by atoms with van der Waals surface area (Å²) in [7, 11) is -10.0. The lowest BCUT2D eigenvalue weighted by Gasteiger charge is -2.21. The number of carbonyl (C=O) groups is 4. The van der Waals surface area contributed by atoms with E-state index >= 15 is 0 Å². The minimum absolute atomic E-state index is 0.0817. The van der Waals surface area contributed by atoms with Crippen molar-refractivity contribution >= 4 is 39.5 Å². The molecule has 5 atom stereocenters. The molecule has 0 saturated heterocycles. The number of ether oxygens (including phenoxy) is 4. The second-order valence-electron chi connectivity index (χ2n) is 25.5. The van der Waals surface area contributed by atoms with Gasteiger partial charge in [0, 0.05) is 19.3 Å². The summed E-state index contributed by atoms with van der Waals surface area (Å²) < 4.78 is 68.4. The second kappa shape index (κ2) is 75.6. The quantitative estimate of drug-likeness (QED) is 0.0169. The van der Waals surface area contributed by atoms with E-state index in [4.69, 9.17) is 37.0 Å². The summed E-state index contributed by atoms with van der Waals surface area (Å²) in [5, 5.41) is 10.6. The lowest BCUT2D eigenvalue weighted by Crippen LogP contribution is -2.30. The molecular formula is C85H138O17P2. The van der Waals surface area contributed by atoms with Gasteiger partial charge in [-0.15, -0.1) is 0 Å². The zero-order chi connectivity index (χ0) is 76.0. The maximum Gasteiger partial charge on any atom is 0.472 e. The van der Waals surface area contributed by atoms with E-state index in [9.17, 15) is 43.2 Å². The van der Waals surface area contributed by atoms with Crippen LogP contribution in [0.1, 0.15) is 285 Å². The molecule has 5 unspecified atom stereocenters. The van der Waals surface area contributed by atoms with Crippen LogP contribution in [-0.2, 0) is 65.4 Å². The van der Waals surface area contributed by atoms with Crippen LogP contribution in [0.5, 0.6) is 0 Å². The molecule has 104 heavy (non-hydrogen) atoms. The minimum atomic E-state index is -5.02. The number of allylic oxidation sites excluding steroid dienone is 27. The van der Waals surface area contributed by atoms with Crippen LogP contribution in [0.4, 0.5) is 0 Å². The molecule has 19 heteroatoms. The summed E-state index contributed by atoms with van der Waals surface area (Å²) in [5.41, 5.74) is 0. The van der Waals surface area contributed by atoms with Crippen LogP contribution in [0.15, 0.2) is 170 Å². The summed E-state index contributed by atoms with van der Waals surface area (Å²) >= 11 is 0. The largest absolute Gasteiger partial charge is 0.472 e. The Balaban J connectivity index is 5.47. The van der Waals surface area contributed by atoms with E-state index < -0.39 is 97.5 Å². The standard InChI is InChI=1S/C85H138O17P2/c1-5-9-13-17-21-25-29-33-36-38-39-41-44-47-50-54-58-62-66-70-83(88)95-75-80(101-84(89)71-67-63-59-55-51-45-32-28-24-20-16-12-8-4)77-99-103(91,92)97-73-79(86)74-98-104(93,94)100-78-81(102-85(90)72-68-64-60-56-52-48-42-35-31-27-23-19-15-11-7-3)76-96-82(87)69-65-61-57-53-49-46-43-40-37-34-30-26-22-18-14-10-6-2/h9-11,13-15,21-23,25-27,33-37,39,41-43,46-47,50,52,56,64,68,79-81,86H,5-8,12,16-20,24,28-32,38,40,44-45,48-49,51,53-55,57-63,65-67,69-78H2,1-4H3,(H,91,92)(H,93,94)/b13-9-,14-10-,15-11-,25-21-,26-22-,27-23-,36-33-,37-34-,41-39-,42-35-,46-43-,50-47-,56-52-,68-64-. The molecule has 0 aromatic rings. The van der Waals surface area contributed by atoms with Crippen molar-refractivity contribution < 1.29 is 80.2 Å². The Hall–Kier alpha value is -5.58. The maximum absolute atomic E-state index is 13.1. The number of aliphatic hydroxyl groups excluding tert-OH is 1. The van der Waals surface area contributed by atoms with E-state index in [1.54, 1.807) is 12.2 Å². The van der Waals surface area contributed by atoms with Gasteiger partial charge in [0.2, 0.25) is 0 Å². The van der Waals surface area contributed by atoms with Crippen molar-refractivity contribution in [3.63, 3.8) is 0 Å². The molecular weight excluding hydrogens is 1350 g/mol. The molecule has 0 aliphatic heterocycles. The number of rotatable bonds is 72. The Morgan fingerprint density at radius 1 is 0.288 bits per heavy atom. The smallest absolute Gasteiger partial charge is 0.462 e. The molecule has 0 rings (SSSR count). The zero-order valence-electron chi connectivity index (χ0n) is 64.4. The van der Waals surface area contributed by atoms with Gasteiger partial charge in [0.15, 0.2) is 12.2 Å². The van der Waals surface area contributed by atoms with Gasteiger partial charge >= 0.3 is 39.5 Å². The molecule has 0 bridgehead atoms. The van der Waals surface area contributed by atoms with Gasteiger partial charge < -0.3 is 33.8 Å². The van der Waals surface area contributed by atoms with E-state index in [0.29, 0.717) is 25.7 Å². The molecule has 0 aliphatic carbocycles. The van der Waals surface area contributed by atoms with E-state index in [2.05, 4.69) is 174 Å². The summed E-state index contributed by atoms with van der Waals surface area (Å²) in [6.45, 7) is 4.34. The number of carbonyl (C=O) groups excluding carboxylic acids is 4. The highest BCUT2D eigenvalue weighted by Gasteiger charge is 2.30. The second-order valence-corrected chi connectivity index (χ2v) is 28.4. The molecule has 0 amide bonds. The van der Waals surface area contributed by atoms with E-state index in [-0.39, 0.29) is 25.7 Å². The molecule has 3 N–H and O–H groups in total. The lowest BCUT2D eigenvalue weighted by atomic mass is 10.0. The fourth-order valence-electron chi connectivity index (χ4n) is 9.84. The van der Waals surface area contributed by atoms with Crippen LogP contribution in [-0.4, -0.2) is 96.7 Å². The fourth-order valence-corrected chi connectivity index (χ4v) is 11.4. The Labute approximate surface area is 629 Å². The van der Waals surface area contributed by atoms with Crippen molar-refractivity contribution in [3.8, 4) is 0 Å². The maximum atomic E-state index is 13.1. The summed E-state index contributed by atoms with van der Waals surface area (Å²) in [4.78, 5) is 72.9. The summed E-state index contributed by atoms with van der Waals surface area (Å²) in [6.07, 6.45) is 89.4. The van der Waals surface area contributed by atoms with Crippen LogP contribution in [0.25, 0.3) is 0 Å². The molecule has 0 aromatic carbocycles. The van der Waals surface area contributed by atoms with Crippen molar-refractivity contribution in [3.05, 3.63) is 170 Å². The van der Waals surface area contributed by atoms with Gasteiger partial charge in [0.25, 0.3) is 0 Å². The van der Waals surface area contributed by atoms with Crippen molar-refractivity contribution in [1.82, 2.24) is 0 Å². The summed E-state index contributed by atoms with van der Waals surface area (Å²) in [6, 6.07) is 0. The highest BCUT2D eigenvalue weighted by Crippen LogP contribution is 2.45. The third kappa shape index (κ3) is 74.7. The Morgan fingerprint density at radius 3 is 0.865 bits per heavy atom. The first-order valence-electron chi connectivity index (χ1n) is 39.4. The van der Waals surface area contributed by atoms with Crippen LogP contribution in [0.2, 0.25) is 0 Å². The molecule has 0 radical (unpaired) electrons. The number of esters is 4. The van der Waals surface area contributed by atoms with E-state index in [1.165, 1.54) is 51.4 Å². The Bertz CT molecular complexity index is 2640. The van der Waals surface area contributed by atoms with Crippen molar-refractivity contribution in [2.45, 2.75) is 303 Å². The van der Waals surface area contributed by atoms with Crippen LogP contribution < -0.4 is 0 Å².